The van der Waals surface area contributed by atoms with Gasteiger partial charge in [0.2, 0.25) is 0 Å². The molecule has 0 saturated carbocycles. The fourth-order valence-corrected chi connectivity index (χ4v) is 0.394. The maximum atomic E-state index is 10.7. The second kappa shape index (κ2) is 3.81. The summed E-state index contributed by atoms with van der Waals surface area (Å²) in [4.78, 5) is 10.7. The van der Waals surface area contributed by atoms with Gasteiger partial charge in [-0.25, -0.2) is 10.1 Å². The van der Waals surface area contributed by atoms with Gasteiger partial charge in [-0.1, -0.05) is 6.92 Å². The lowest BCUT2D eigenvalue weighted by atomic mass is 10.1. The molecule has 0 saturated heterocycles. The summed E-state index contributed by atoms with van der Waals surface area (Å²) in [7, 11) is 0. The van der Waals surface area contributed by atoms with Crippen LogP contribution in [0.15, 0.2) is 0 Å². The second-order valence-corrected chi connectivity index (χ2v) is 2.74. The molecule has 62 valence electrons. The number of nitrogens with one attached hydrogen (secondary N) is 1. The number of nitrogens with zero attached hydrogens (tertiary/aromatic N) is 1. The van der Waals surface area contributed by atoms with E-state index in [-0.39, 0.29) is 0 Å². The standard InChI is InChI=1S/C7H12N2O2/c1-4-7(2,3)11-6(10)9-5-8/h4H2,1-3H3,(H,9,10). The first-order chi connectivity index (χ1) is 5.02. The molecule has 0 radical (unpaired) electrons. The van der Waals surface area contributed by atoms with E-state index in [1.54, 1.807) is 13.8 Å². The van der Waals surface area contributed by atoms with Crippen molar-refractivity contribution >= 4 is 6.09 Å². The molecule has 0 fully saturated rings. The molecular weight excluding hydrogens is 144 g/mol. The van der Waals surface area contributed by atoms with Gasteiger partial charge in [0.25, 0.3) is 0 Å². The zero-order chi connectivity index (χ0) is 8.91. The Bertz CT molecular complexity index is 181. The fraction of sp³-hybridized carbons (Fsp3) is 0.714. The van der Waals surface area contributed by atoms with Gasteiger partial charge >= 0.3 is 6.09 Å². The molecule has 0 spiro atoms. The lowest BCUT2D eigenvalue weighted by molar-refractivity contribution is 0.0389. The van der Waals surface area contributed by atoms with Crippen molar-refractivity contribution in [3.05, 3.63) is 0 Å². The summed E-state index contributed by atoms with van der Waals surface area (Å²) in [5.74, 6) is 0. The van der Waals surface area contributed by atoms with Crippen molar-refractivity contribution in [2.45, 2.75) is 32.8 Å². The van der Waals surface area contributed by atoms with Gasteiger partial charge in [0, 0.05) is 0 Å². The van der Waals surface area contributed by atoms with Gasteiger partial charge in [0.1, 0.15) is 5.60 Å². The van der Waals surface area contributed by atoms with Crippen molar-refractivity contribution in [3.8, 4) is 6.19 Å². The summed E-state index contributed by atoms with van der Waals surface area (Å²) in [6.07, 6.45) is 1.51. The number of hydrogen-bond acceptors (Lipinski definition) is 3. The average Bonchev–Trinajstić information content (AvgIpc) is 1.87. The van der Waals surface area contributed by atoms with E-state index in [0.717, 1.165) is 0 Å². The van der Waals surface area contributed by atoms with Crippen molar-refractivity contribution in [1.82, 2.24) is 5.32 Å². The van der Waals surface area contributed by atoms with Gasteiger partial charge in [-0.15, -0.1) is 0 Å². The number of carbonyl (C=O) groups excluding carboxylic acids is 1. The number of amides is 1. The minimum absolute atomic E-state index is 0.499. The zero-order valence-electron chi connectivity index (χ0n) is 6.97. The van der Waals surface area contributed by atoms with Crippen LogP contribution in [0.25, 0.3) is 0 Å². The van der Waals surface area contributed by atoms with Gasteiger partial charge in [-0.3, -0.25) is 0 Å². The monoisotopic (exact) mass is 156 g/mol. The fourth-order valence-electron chi connectivity index (χ4n) is 0.394. The van der Waals surface area contributed by atoms with Gasteiger partial charge in [0.05, 0.1) is 0 Å². The topological polar surface area (TPSA) is 62.1 Å². The lowest BCUT2D eigenvalue weighted by Gasteiger charge is -2.21. The number of alkyl carbamates (subject to hydrolysis) is 1. The summed E-state index contributed by atoms with van der Waals surface area (Å²) >= 11 is 0. The molecule has 0 aromatic heterocycles. The average molecular weight is 156 g/mol. The van der Waals surface area contributed by atoms with E-state index in [1.807, 2.05) is 12.2 Å². The Morgan fingerprint density at radius 3 is 2.64 bits per heavy atom. The molecule has 1 N–H and O–H groups in total. The van der Waals surface area contributed by atoms with Gasteiger partial charge in [-0.2, -0.15) is 5.26 Å². The van der Waals surface area contributed by atoms with Crippen LogP contribution in [0.3, 0.4) is 0 Å². The van der Waals surface area contributed by atoms with Crippen molar-refractivity contribution in [3.63, 3.8) is 0 Å². The van der Waals surface area contributed by atoms with E-state index in [0.29, 0.717) is 6.42 Å². The van der Waals surface area contributed by atoms with E-state index in [9.17, 15) is 4.79 Å². The Kier molecular flexibility index (Phi) is 3.38. The Balaban J connectivity index is 3.86. The number of ether oxygens (including phenoxy) is 1. The molecule has 0 aliphatic heterocycles. The van der Waals surface area contributed by atoms with Crippen molar-refractivity contribution in [1.29, 1.82) is 5.26 Å². The smallest absolute Gasteiger partial charge is 0.420 e. The molecule has 0 atom stereocenters. The Morgan fingerprint density at radius 2 is 2.27 bits per heavy atom. The van der Waals surface area contributed by atoms with Gasteiger partial charge in [0.15, 0.2) is 6.19 Å². The third kappa shape index (κ3) is 4.20. The van der Waals surface area contributed by atoms with E-state index < -0.39 is 11.7 Å². The van der Waals surface area contributed by atoms with E-state index in [2.05, 4.69) is 0 Å². The van der Waals surface area contributed by atoms with Crippen molar-refractivity contribution in [2.24, 2.45) is 0 Å². The predicted molar refractivity (Wildman–Crippen MR) is 39.6 cm³/mol. The first-order valence-electron chi connectivity index (χ1n) is 3.40. The van der Waals surface area contributed by atoms with Crippen LogP contribution >= 0.6 is 0 Å². The summed E-state index contributed by atoms with van der Waals surface area (Å²) in [6.45, 7) is 5.47. The maximum absolute atomic E-state index is 10.7. The van der Waals surface area contributed by atoms with Crippen molar-refractivity contribution < 1.29 is 9.53 Å². The molecule has 4 heteroatoms. The number of carbonyl (C=O) groups is 1. The molecule has 0 unspecified atom stereocenters. The number of hydrogen-bond donors (Lipinski definition) is 1. The largest absolute Gasteiger partial charge is 0.443 e. The molecular formula is C7H12N2O2. The number of rotatable bonds is 2. The molecule has 0 aromatic carbocycles. The summed E-state index contributed by atoms with van der Waals surface area (Å²) in [5.41, 5.74) is -0.499. The van der Waals surface area contributed by atoms with Crippen LogP contribution in [0, 0.1) is 11.5 Å². The highest BCUT2D eigenvalue weighted by molar-refractivity contribution is 5.69. The predicted octanol–water partition coefficient (Wildman–Crippen LogP) is 1.38. The molecule has 0 aliphatic carbocycles. The highest BCUT2D eigenvalue weighted by Crippen LogP contribution is 2.12. The van der Waals surface area contributed by atoms with E-state index >= 15 is 0 Å². The molecule has 0 aromatic rings. The summed E-state index contributed by atoms with van der Waals surface area (Å²) < 4.78 is 4.85. The van der Waals surface area contributed by atoms with Crippen LogP contribution in [-0.2, 0) is 4.74 Å². The molecule has 0 heterocycles. The normalized spacial score (nSPS) is 10.0. The molecule has 0 aliphatic rings. The summed E-state index contributed by atoms with van der Waals surface area (Å²) in [6, 6.07) is 0. The Hall–Kier alpha value is -1.24. The quantitative estimate of drug-likeness (QED) is 0.485. The van der Waals surface area contributed by atoms with E-state index in [4.69, 9.17) is 10.00 Å². The van der Waals surface area contributed by atoms with Crippen LogP contribution in [0.5, 0.6) is 0 Å². The molecule has 11 heavy (non-hydrogen) atoms. The molecule has 0 bridgehead atoms. The first kappa shape index (κ1) is 9.76. The Morgan fingerprint density at radius 1 is 1.73 bits per heavy atom. The van der Waals surface area contributed by atoms with Crippen LogP contribution in [0.2, 0.25) is 0 Å². The van der Waals surface area contributed by atoms with Crippen LogP contribution in [0.1, 0.15) is 27.2 Å². The minimum Gasteiger partial charge on any atom is -0.443 e. The second-order valence-electron chi connectivity index (χ2n) is 2.74. The maximum Gasteiger partial charge on any atom is 0.420 e. The Labute approximate surface area is 66.1 Å². The van der Waals surface area contributed by atoms with E-state index in [1.165, 1.54) is 6.19 Å². The SMILES string of the molecule is CCC(C)(C)OC(=O)NC#N. The van der Waals surface area contributed by atoms with Crippen LogP contribution in [0.4, 0.5) is 4.79 Å². The molecule has 0 rings (SSSR count). The number of nitriles is 1. The minimum atomic E-state index is -0.695. The van der Waals surface area contributed by atoms with Crippen LogP contribution in [-0.4, -0.2) is 11.7 Å². The van der Waals surface area contributed by atoms with Gasteiger partial charge in [-0.05, 0) is 20.3 Å². The highest BCUT2D eigenvalue weighted by atomic mass is 16.6. The molecule has 4 nitrogen and oxygen atoms in total. The van der Waals surface area contributed by atoms with Crippen LogP contribution < -0.4 is 5.32 Å². The summed E-state index contributed by atoms with van der Waals surface area (Å²) in [5, 5.41) is 9.92. The third-order valence-corrected chi connectivity index (χ3v) is 1.38. The first-order valence-corrected chi connectivity index (χ1v) is 3.40. The highest BCUT2D eigenvalue weighted by Gasteiger charge is 2.19. The van der Waals surface area contributed by atoms with Crippen molar-refractivity contribution in [2.75, 3.05) is 0 Å². The lowest BCUT2D eigenvalue weighted by Crippen LogP contribution is -2.31. The zero-order valence-corrected chi connectivity index (χ0v) is 6.97. The third-order valence-electron chi connectivity index (χ3n) is 1.38. The molecule has 1 amide bonds. The van der Waals surface area contributed by atoms with Gasteiger partial charge < -0.3 is 4.74 Å².